The zero-order valence-corrected chi connectivity index (χ0v) is 9.96. The van der Waals surface area contributed by atoms with E-state index < -0.39 is 5.02 Å². The number of nitrogens with zero attached hydrogens (tertiary/aromatic N) is 1. The van der Waals surface area contributed by atoms with E-state index in [0.717, 1.165) is 0 Å². The molecule has 2 N–H and O–H groups in total. The van der Waals surface area contributed by atoms with E-state index in [1.165, 1.54) is 4.90 Å². The number of rotatable bonds is 4. The number of urea groups is 1. The molecule has 1 aliphatic heterocycles. The molecule has 1 saturated heterocycles. The first-order valence-electron chi connectivity index (χ1n) is 4.10. The highest BCUT2D eigenvalue weighted by molar-refractivity contribution is 7.53. The molecule has 14 heavy (non-hydrogen) atoms. The second kappa shape index (κ2) is 4.35. The smallest absolute Gasteiger partial charge is 0.318 e. The van der Waals surface area contributed by atoms with E-state index in [-0.39, 0.29) is 11.9 Å². The third kappa shape index (κ3) is 1.95. The number of likely N-dealkylation sites (N-methyl/N-ethyl adjacent to an activating group) is 1. The summed E-state index contributed by atoms with van der Waals surface area (Å²) in [5.41, 5.74) is 0. The van der Waals surface area contributed by atoms with Crippen LogP contribution in [0.15, 0.2) is 0 Å². The fraction of sp³-hybridized carbons (Fsp3) is 0.571. The number of amides is 3. The minimum atomic E-state index is -0.926. The van der Waals surface area contributed by atoms with Gasteiger partial charge in [0.15, 0.2) is 5.02 Å². The van der Waals surface area contributed by atoms with Crippen molar-refractivity contribution in [2.45, 2.75) is 5.02 Å². The largest absolute Gasteiger partial charge is 0.325 e. The molecule has 1 fully saturated rings. The molecule has 2 unspecified atom stereocenters. The topological polar surface area (TPSA) is 61.4 Å². The van der Waals surface area contributed by atoms with Gasteiger partial charge in [0, 0.05) is 13.1 Å². The Bertz CT molecular complexity index is 284. The average molecular weight is 233 g/mol. The Kier molecular flexibility index (Phi) is 3.59. The summed E-state index contributed by atoms with van der Waals surface area (Å²) in [5, 5.41) is 4.54. The van der Waals surface area contributed by atoms with E-state index in [9.17, 15) is 9.59 Å². The van der Waals surface area contributed by atoms with Crippen LogP contribution in [0.2, 0.25) is 0 Å². The van der Waals surface area contributed by atoms with E-state index >= 15 is 0 Å². The van der Waals surface area contributed by atoms with Crippen LogP contribution in [0.4, 0.5) is 4.79 Å². The molecule has 0 radical (unpaired) electrons. The predicted molar refractivity (Wildman–Crippen MR) is 60.7 cm³/mol. The zero-order chi connectivity index (χ0) is 10.8. The lowest BCUT2D eigenvalue weighted by atomic mass is 10.5. The van der Waals surface area contributed by atoms with E-state index in [0.29, 0.717) is 21.3 Å². The monoisotopic (exact) mass is 233 g/mol. The summed E-state index contributed by atoms with van der Waals surface area (Å²) < 4.78 is 0. The summed E-state index contributed by atoms with van der Waals surface area (Å²) >= 11 is 0. The van der Waals surface area contributed by atoms with Gasteiger partial charge in [0.2, 0.25) is 0 Å². The molecule has 3 amide bonds. The molecule has 0 aromatic rings. The van der Waals surface area contributed by atoms with Crippen LogP contribution in [0.5, 0.6) is 0 Å². The predicted octanol–water partition coefficient (Wildman–Crippen LogP) is -0.335. The molecule has 0 aromatic carbocycles. The lowest BCUT2D eigenvalue weighted by molar-refractivity contribution is -0.126. The highest BCUT2D eigenvalue weighted by atomic mass is 31.1. The van der Waals surface area contributed by atoms with Crippen molar-refractivity contribution >= 4 is 35.7 Å². The standard InChI is InChI=1S/C7H13N3O2P2/c1-8-3-4-10-5(11)7(13,14-2)9-6(10)12/h8H,2-4,13H2,1H3,(H,9,12). The van der Waals surface area contributed by atoms with Crippen molar-refractivity contribution in [3.05, 3.63) is 0 Å². The number of imide groups is 1. The van der Waals surface area contributed by atoms with Crippen molar-refractivity contribution < 1.29 is 9.59 Å². The van der Waals surface area contributed by atoms with Crippen molar-refractivity contribution in [2.75, 3.05) is 20.1 Å². The highest BCUT2D eigenvalue weighted by Gasteiger charge is 2.46. The first kappa shape index (κ1) is 11.6. The fourth-order valence-electron chi connectivity index (χ4n) is 1.12. The maximum absolute atomic E-state index is 11.7. The van der Waals surface area contributed by atoms with Crippen LogP contribution in [-0.4, -0.2) is 48.3 Å². The molecule has 2 atom stereocenters. The van der Waals surface area contributed by atoms with Crippen molar-refractivity contribution in [3.63, 3.8) is 0 Å². The first-order valence-corrected chi connectivity index (χ1v) is 5.76. The third-order valence-corrected chi connectivity index (χ3v) is 3.69. The van der Waals surface area contributed by atoms with Crippen molar-refractivity contribution in [3.8, 4) is 0 Å². The summed E-state index contributed by atoms with van der Waals surface area (Å²) in [6.45, 7) is 0.973. The van der Waals surface area contributed by atoms with Gasteiger partial charge in [0.1, 0.15) is 0 Å². The molecule has 7 heteroatoms. The van der Waals surface area contributed by atoms with E-state index in [2.05, 4.69) is 26.2 Å². The maximum atomic E-state index is 11.7. The second-order valence-corrected chi connectivity index (χ2v) is 5.29. The number of hydrogen-bond acceptors (Lipinski definition) is 3. The molecule has 5 nitrogen and oxygen atoms in total. The quantitative estimate of drug-likeness (QED) is 0.516. The fourth-order valence-corrected chi connectivity index (χ4v) is 1.83. The molecule has 0 spiro atoms. The van der Waals surface area contributed by atoms with Crippen molar-refractivity contribution in [1.82, 2.24) is 15.5 Å². The number of nitrogens with one attached hydrogen (secondary N) is 2. The lowest BCUT2D eigenvalue weighted by Gasteiger charge is -2.15. The lowest BCUT2D eigenvalue weighted by Crippen LogP contribution is -2.37. The van der Waals surface area contributed by atoms with Crippen LogP contribution in [0, 0.1) is 0 Å². The number of hydrogen-bond donors (Lipinski definition) is 2. The molecule has 0 aliphatic carbocycles. The summed E-state index contributed by atoms with van der Waals surface area (Å²) in [6, 6.07) is -0.351. The van der Waals surface area contributed by atoms with Gasteiger partial charge < -0.3 is 10.6 Å². The van der Waals surface area contributed by atoms with Gasteiger partial charge in [-0.05, 0) is 7.05 Å². The Balaban J connectivity index is 2.75. The Morgan fingerprint density at radius 1 is 1.71 bits per heavy atom. The first-order chi connectivity index (χ1) is 6.55. The molecule has 0 aromatic heterocycles. The molecule has 1 aliphatic rings. The number of carbonyl (C=O) groups is 2. The highest BCUT2D eigenvalue weighted by Crippen LogP contribution is 2.33. The summed E-state index contributed by atoms with van der Waals surface area (Å²) in [6.07, 6.45) is 3.61. The van der Waals surface area contributed by atoms with Gasteiger partial charge in [-0.25, -0.2) is 4.79 Å². The van der Waals surface area contributed by atoms with Crippen LogP contribution in [0.1, 0.15) is 0 Å². The molecule has 1 heterocycles. The average Bonchev–Trinajstić information content (AvgIpc) is 2.37. The van der Waals surface area contributed by atoms with Crippen LogP contribution < -0.4 is 10.6 Å². The third-order valence-electron chi connectivity index (χ3n) is 1.95. The summed E-state index contributed by atoms with van der Waals surface area (Å²) in [5.74, 6) is -0.237. The maximum Gasteiger partial charge on any atom is 0.325 e. The Hall–Kier alpha value is -0.500. The molecule has 1 rings (SSSR count). The van der Waals surface area contributed by atoms with Gasteiger partial charge in [0.25, 0.3) is 5.91 Å². The van der Waals surface area contributed by atoms with Gasteiger partial charge in [-0.1, -0.05) is 23.7 Å². The SMILES string of the molecule is C=PC1(P)NC(=O)N(CCNC)C1=O. The number of carbonyl (C=O) groups excluding carboxylic acids is 2. The van der Waals surface area contributed by atoms with Gasteiger partial charge >= 0.3 is 6.03 Å². The van der Waals surface area contributed by atoms with Crippen molar-refractivity contribution in [1.29, 1.82) is 0 Å². The van der Waals surface area contributed by atoms with Crippen LogP contribution >= 0.6 is 17.4 Å². The zero-order valence-electron chi connectivity index (χ0n) is 7.91. The molecular weight excluding hydrogens is 220 g/mol. The molecule has 0 saturated carbocycles. The van der Waals surface area contributed by atoms with Crippen LogP contribution in [0.25, 0.3) is 0 Å². The summed E-state index contributed by atoms with van der Waals surface area (Å²) in [4.78, 5) is 24.3. The van der Waals surface area contributed by atoms with E-state index in [4.69, 9.17) is 0 Å². The minimum Gasteiger partial charge on any atom is -0.318 e. The van der Waals surface area contributed by atoms with E-state index in [1.807, 2.05) is 0 Å². The second-order valence-electron chi connectivity index (χ2n) is 2.91. The summed E-state index contributed by atoms with van der Waals surface area (Å²) in [7, 11) is 4.68. The molecule has 78 valence electrons. The van der Waals surface area contributed by atoms with Gasteiger partial charge in [-0.3, -0.25) is 9.69 Å². The Morgan fingerprint density at radius 3 is 2.79 bits per heavy atom. The molecular formula is C7H13N3O2P2. The minimum absolute atomic E-state index is 0.237. The van der Waals surface area contributed by atoms with Crippen LogP contribution in [-0.2, 0) is 4.79 Å². The van der Waals surface area contributed by atoms with Crippen LogP contribution in [0.3, 0.4) is 0 Å². The Labute approximate surface area is 86.6 Å². The van der Waals surface area contributed by atoms with Gasteiger partial charge in [-0.2, -0.15) is 0 Å². The van der Waals surface area contributed by atoms with Crippen molar-refractivity contribution in [2.24, 2.45) is 0 Å². The van der Waals surface area contributed by atoms with E-state index in [1.54, 1.807) is 7.05 Å². The molecule has 0 bridgehead atoms. The Morgan fingerprint density at radius 2 is 2.36 bits per heavy atom. The normalized spacial score (nSPS) is 27.1. The van der Waals surface area contributed by atoms with Gasteiger partial charge in [-0.15, -0.1) is 0 Å². The van der Waals surface area contributed by atoms with Gasteiger partial charge in [0.05, 0.1) is 0 Å².